The van der Waals surface area contributed by atoms with Crippen LogP contribution in [0.2, 0.25) is 5.02 Å². The fourth-order valence-corrected chi connectivity index (χ4v) is 2.95. The van der Waals surface area contributed by atoms with Gasteiger partial charge in [-0.3, -0.25) is 4.98 Å². The Morgan fingerprint density at radius 2 is 2.35 bits per heavy atom. The zero-order valence-corrected chi connectivity index (χ0v) is 12.4. The van der Waals surface area contributed by atoms with E-state index in [0.29, 0.717) is 12.1 Å². The summed E-state index contributed by atoms with van der Waals surface area (Å²) < 4.78 is 5.71. The van der Waals surface area contributed by atoms with Crippen LogP contribution in [0.5, 0.6) is 0 Å². The van der Waals surface area contributed by atoms with Crippen molar-refractivity contribution < 1.29 is 4.74 Å². The number of rotatable bonds is 4. The van der Waals surface area contributed by atoms with Crippen LogP contribution in [-0.4, -0.2) is 23.7 Å². The van der Waals surface area contributed by atoms with Gasteiger partial charge in [0.25, 0.3) is 0 Å². The van der Waals surface area contributed by atoms with E-state index >= 15 is 0 Å². The number of benzene rings is 1. The summed E-state index contributed by atoms with van der Waals surface area (Å²) in [7, 11) is 0. The lowest BCUT2D eigenvalue weighted by Gasteiger charge is -2.20. The maximum atomic E-state index is 6.21. The van der Waals surface area contributed by atoms with Crippen molar-refractivity contribution in [2.24, 2.45) is 0 Å². The van der Waals surface area contributed by atoms with E-state index in [1.54, 1.807) is 0 Å². The molecule has 3 rings (SSSR count). The molecule has 4 heteroatoms. The van der Waals surface area contributed by atoms with Gasteiger partial charge in [0.1, 0.15) is 0 Å². The number of ether oxygens (including phenoxy) is 1. The molecule has 2 heterocycles. The molecule has 1 saturated heterocycles. The van der Waals surface area contributed by atoms with Crippen molar-refractivity contribution >= 4 is 22.5 Å². The van der Waals surface area contributed by atoms with Gasteiger partial charge in [-0.1, -0.05) is 17.7 Å². The van der Waals surface area contributed by atoms with E-state index in [0.717, 1.165) is 35.5 Å². The minimum Gasteiger partial charge on any atom is -0.377 e. The summed E-state index contributed by atoms with van der Waals surface area (Å²) in [6.07, 6.45) is 4.46. The third-order valence-electron chi connectivity index (χ3n) is 3.94. The fourth-order valence-electron chi connectivity index (χ4n) is 2.74. The third kappa shape index (κ3) is 2.80. The van der Waals surface area contributed by atoms with Gasteiger partial charge in [0.2, 0.25) is 0 Å². The molecule has 0 bridgehead atoms. The average Bonchev–Trinajstić information content (AvgIpc) is 3.01. The number of pyridine rings is 1. The van der Waals surface area contributed by atoms with Crippen LogP contribution in [0, 0.1) is 0 Å². The molecule has 1 aliphatic heterocycles. The lowest BCUT2D eigenvalue weighted by molar-refractivity contribution is 0.0832. The lowest BCUT2D eigenvalue weighted by atomic mass is 10.1. The molecule has 2 atom stereocenters. The topological polar surface area (TPSA) is 34.2 Å². The van der Waals surface area contributed by atoms with E-state index in [4.69, 9.17) is 16.3 Å². The Morgan fingerprint density at radius 3 is 3.15 bits per heavy atom. The number of hydrogen-bond acceptors (Lipinski definition) is 3. The second-order valence-corrected chi connectivity index (χ2v) is 5.73. The summed E-state index contributed by atoms with van der Waals surface area (Å²) >= 11 is 6.21. The number of nitrogens with zero attached hydrogens (tertiary/aromatic N) is 1. The Hall–Kier alpha value is -1.16. The number of fused-ring (bicyclic) bond motifs is 1. The molecule has 0 aliphatic carbocycles. The van der Waals surface area contributed by atoms with Crippen LogP contribution in [-0.2, 0) is 11.3 Å². The molecule has 0 amide bonds. The molecule has 0 spiro atoms. The zero-order valence-electron chi connectivity index (χ0n) is 11.6. The van der Waals surface area contributed by atoms with Crippen LogP contribution >= 0.6 is 11.6 Å². The molecule has 2 unspecified atom stereocenters. The maximum absolute atomic E-state index is 6.21. The van der Waals surface area contributed by atoms with E-state index in [9.17, 15) is 0 Å². The minimum absolute atomic E-state index is 0.335. The monoisotopic (exact) mass is 290 g/mol. The molecular formula is C16H19ClN2O. The van der Waals surface area contributed by atoms with Crippen LogP contribution < -0.4 is 5.32 Å². The second-order valence-electron chi connectivity index (χ2n) is 5.33. The number of hydrogen-bond donors (Lipinski definition) is 1. The minimum atomic E-state index is 0.335. The van der Waals surface area contributed by atoms with Crippen LogP contribution in [0.1, 0.15) is 25.3 Å². The maximum Gasteiger partial charge on any atom is 0.0761 e. The highest BCUT2D eigenvalue weighted by Gasteiger charge is 2.21. The summed E-state index contributed by atoms with van der Waals surface area (Å²) in [6, 6.07) is 8.27. The third-order valence-corrected chi connectivity index (χ3v) is 4.27. The molecule has 0 saturated carbocycles. The quantitative estimate of drug-likeness (QED) is 0.935. The van der Waals surface area contributed by atoms with Crippen molar-refractivity contribution in [1.82, 2.24) is 10.3 Å². The molecule has 0 radical (unpaired) electrons. The van der Waals surface area contributed by atoms with Gasteiger partial charge in [0.15, 0.2) is 0 Å². The standard InChI is InChI=1S/C16H19ClN2O/c1-11(15-5-3-9-20-15)19-10-12-6-7-14(17)13-4-2-8-18-16(12)13/h2,4,6-8,11,15,19H,3,5,9-10H2,1H3. The van der Waals surface area contributed by atoms with E-state index in [1.165, 1.54) is 12.0 Å². The van der Waals surface area contributed by atoms with Crippen LogP contribution in [0.15, 0.2) is 30.5 Å². The van der Waals surface area contributed by atoms with E-state index < -0.39 is 0 Å². The van der Waals surface area contributed by atoms with Gasteiger partial charge in [-0.2, -0.15) is 0 Å². The number of halogens is 1. The highest BCUT2D eigenvalue weighted by molar-refractivity contribution is 6.35. The molecule has 1 fully saturated rings. The average molecular weight is 291 g/mol. The van der Waals surface area contributed by atoms with E-state index in [2.05, 4.69) is 17.2 Å². The van der Waals surface area contributed by atoms with Gasteiger partial charge in [-0.05, 0) is 43.5 Å². The molecule has 1 aliphatic rings. The molecule has 3 nitrogen and oxygen atoms in total. The zero-order chi connectivity index (χ0) is 13.9. The molecule has 2 aromatic rings. The van der Waals surface area contributed by atoms with Crippen LogP contribution in [0.25, 0.3) is 10.9 Å². The smallest absolute Gasteiger partial charge is 0.0761 e. The van der Waals surface area contributed by atoms with Gasteiger partial charge < -0.3 is 10.1 Å². The van der Waals surface area contributed by atoms with Crippen molar-refractivity contribution in [1.29, 1.82) is 0 Å². The normalized spacial score (nSPS) is 20.4. The summed E-state index contributed by atoms with van der Waals surface area (Å²) in [4.78, 5) is 4.46. The summed E-state index contributed by atoms with van der Waals surface area (Å²) in [5, 5.41) is 5.31. The first-order chi connectivity index (χ1) is 9.75. The Labute approximate surface area is 124 Å². The van der Waals surface area contributed by atoms with Gasteiger partial charge in [0, 0.05) is 35.8 Å². The largest absolute Gasteiger partial charge is 0.377 e. The molecule has 1 N–H and O–H groups in total. The summed E-state index contributed by atoms with van der Waals surface area (Å²) in [5.41, 5.74) is 2.15. The van der Waals surface area contributed by atoms with E-state index in [-0.39, 0.29) is 0 Å². The SMILES string of the molecule is CC(NCc1ccc(Cl)c2cccnc12)C1CCCO1. The number of nitrogens with one attached hydrogen (secondary N) is 1. The van der Waals surface area contributed by atoms with Crippen molar-refractivity contribution in [3.05, 3.63) is 41.0 Å². The van der Waals surface area contributed by atoms with Crippen molar-refractivity contribution in [2.45, 2.75) is 38.5 Å². The van der Waals surface area contributed by atoms with Crippen molar-refractivity contribution in [3.8, 4) is 0 Å². The molecule has 20 heavy (non-hydrogen) atoms. The number of aromatic nitrogens is 1. The Bertz CT molecular complexity index is 596. The van der Waals surface area contributed by atoms with Gasteiger partial charge in [-0.15, -0.1) is 0 Å². The van der Waals surface area contributed by atoms with Gasteiger partial charge in [0.05, 0.1) is 11.6 Å². The van der Waals surface area contributed by atoms with Crippen molar-refractivity contribution in [3.63, 3.8) is 0 Å². The predicted molar refractivity (Wildman–Crippen MR) is 82.0 cm³/mol. The van der Waals surface area contributed by atoms with Crippen LogP contribution in [0.4, 0.5) is 0 Å². The Kier molecular flexibility index (Phi) is 4.20. The molecule has 106 valence electrons. The van der Waals surface area contributed by atoms with Crippen molar-refractivity contribution in [2.75, 3.05) is 6.61 Å². The first kappa shape index (κ1) is 13.8. The van der Waals surface area contributed by atoms with Gasteiger partial charge >= 0.3 is 0 Å². The first-order valence-corrected chi connectivity index (χ1v) is 7.50. The van der Waals surface area contributed by atoms with E-state index in [1.807, 2.05) is 30.5 Å². The fraction of sp³-hybridized carbons (Fsp3) is 0.438. The molecule has 1 aromatic heterocycles. The lowest BCUT2D eigenvalue weighted by Crippen LogP contribution is -2.36. The second kappa shape index (κ2) is 6.08. The van der Waals surface area contributed by atoms with Crippen LogP contribution in [0.3, 0.4) is 0 Å². The highest BCUT2D eigenvalue weighted by atomic mass is 35.5. The predicted octanol–water partition coefficient (Wildman–Crippen LogP) is 3.55. The first-order valence-electron chi connectivity index (χ1n) is 7.13. The molecule has 1 aromatic carbocycles. The Balaban J connectivity index is 1.76. The van der Waals surface area contributed by atoms with Gasteiger partial charge in [-0.25, -0.2) is 0 Å². The summed E-state index contributed by atoms with van der Waals surface area (Å²) in [5.74, 6) is 0. The highest BCUT2D eigenvalue weighted by Crippen LogP contribution is 2.25. The molecular weight excluding hydrogens is 272 g/mol. The Morgan fingerprint density at radius 1 is 1.45 bits per heavy atom. The summed E-state index contributed by atoms with van der Waals surface area (Å²) in [6.45, 7) is 3.86.